The summed E-state index contributed by atoms with van der Waals surface area (Å²) in [7, 11) is 0. The highest BCUT2D eigenvalue weighted by Crippen LogP contribution is 2.20. The molecule has 4 nitrogen and oxygen atoms in total. The molecule has 0 aliphatic rings. The molecule has 0 saturated carbocycles. The highest BCUT2D eigenvalue weighted by molar-refractivity contribution is 5.92. The maximum Gasteiger partial charge on any atom is 0.387 e. The molecular weight excluding hydrogens is 314 g/mol. The number of nitrogens with one attached hydrogen (secondary N) is 1. The van der Waals surface area contributed by atoms with Crippen LogP contribution in [0, 0.1) is 6.92 Å². The molecule has 0 saturated heterocycles. The van der Waals surface area contributed by atoms with E-state index in [1.165, 1.54) is 24.3 Å². The number of hydrogen-bond donors (Lipinski definition) is 1. The molecule has 0 bridgehead atoms. The predicted molar refractivity (Wildman–Crippen MR) is 88.4 cm³/mol. The summed E-state index contributed by atoms with van der Waals surface area (Å²) in [6.07, 6.45) is 0. The Morgan fingerprint density at radius 2 is 1.88 bits per heavy atom. The highest BCUT2D eigenvalue weighted by atomic mass is 19.3. The predicted octanol–water partition coefficient (Wildman–Crippen LogP) is 4.19. The Hall–Kier alpha value is -2.89. The Morgan fingerprint density at radius 3 is 2.58 bits per heavy atom. The SMILES string of the molecule is Cc1cc2ccccc2n1CC(=O)Nc1ccc(OC(F)F)cc1. The number of carbonyl (C=O) groups excluding carboxylic acids is 1. The van der Waals surface area contributed by atoms with Crippen molar-refractivity contribution in [1.82, 2.24) is 4.57 Å². The van der Waals surface area contributed by atoms with Crippen LogP contribution in [0.15, 0.2) is 54.6 Å². The van der Waals surface area contributed by atoms with E-state index in [-0.39, 0.29) is 18.2 Å². The van der Waals surface area contributed by atoms with E-state index in [0.29, 0.717) is 5.69 Å². The summed E-state index contributed by atoms with van der Waals surface area (Å²) in [5.41, 5.74) is 2.51. The van der Waals surface area contributed by atoms with Crippen LogP contribution in [0.3, 0.4) is 0 Å². The smallest absolute Gasteiger partial charge is 0.387 e. The number of para-hydroxylation sites is 1. The first-order valence-electron chi connectivity index (χ1n) is 7.42. The van der Waals surface area contributed by atoms with Crippen LogP contribution in [0.5, 0.6) is 5.75 Å². The average molecular weight is 330 g/mol. The monoisotopic (exact) mass is 330 g/mol. The summed E-state index contributed by atoms with van der Waals surface area (Å²) in [5, 5.41) is 3.83. The fraction of sp³-hybridized carbons (Fsp3) is 0.167. The molecule has 0 unspecified atom stereocenters. The van der Waals surface area contributed by atoms with Crippen LogP contribution in [0.4, 0.5) is 14.5 Å². The molecule has 0 spiro atoms. The van der Waals surface area contributed by atoms with Crippen LogP contribution >= 0.6 is 0 Å². The first-order valence-corrected chi connectivity index (χ1v) is 7.42. The molecule has 3 aromatic rings. The number of benzene rings is 2. The van der Waals surface area contributed by atoms with E-state index in [2.05, 4.69) is 10.1 Å². The number of nitrogens with zero attached hydrogens (tertiary/aromatic N) is 1. The van der Waals surface area contributed by atoms with E-state index in [4.69, 9.17) is 0 Å². The summed E-state index contributed by atoms with van der Waals surface area (Å²) in [6, 6.07) is 15.7. The lowest BCUT2D eigenvalue weighted by molar-refractivity contribution is -0.116. The average Bonchev–Trinajstić information content (AvgIpc) is 2.85. The molecule has 6 heteroatoms. The fourth-order valence-corrected chi connectivity index (χ4v) is 2.62. The number of hydrogen-bond acceptors (Lipinski definition) is 2. The Morgan fingerprint density at radius 1 is 1.17 bits per heavy atom. The molecule has 124 valence electrons. The van der Waals surface area contributed by atoms with E-state index in [0.717, 1.165) is 16.6 Å². The van der Waals surface area contributed by atoms with Gasteiger partial charge in [0.2, 0.25) is 5.91 Å². The van der Waals surface area contributed by atoms with Gasteiger partial charge in [-0.15, -0.1) is 0 Å². The molecule has 0 radical (unpaired) electrons. The zero-order valence-corrected chi connectivity index (χ0v) is 13.0. The van der Waals surface area contributed by atoms with Gasteiger partial charge in [0.15, 0.2) is 0 Å². The normalized spacial score (nSPS) is 11.0. The van der Waals surface area contributed by atoms with Gasteiger partial charge in [0.05, 0.1) is 0 Å². The maximum absolute atomic E-state index is 12.3. The van der Waals surface area contributed by atoms with Gasteiger partial charge in [-0.1, -0.05) is 18.2 Å². The number of carbonyl (C=O) groups is 1. The molecule has 0 aliphatic carbocycles. The minimum absolute atomic E-state index is 0.0512. The third kappa shape index (κ3) is 3.53. The van der Waals surface area contributed by atoms with Crippen molar-refractivity contribution in [3.63, 3.8) is 0 Å². The van der Waals surface area contributed by atoms with E-state index < -0.39 is 6.61 Å². The second kappa shape index (κ2) is 6.70. The van der Waals surface area contributed by atoms with Crippen LogP contribution < -0.4 is 10.1 Å². The van der Waals surface area contributed by atoms with E-state index >= 15 is 0 Å². The Balaban J connectivity index is 1.70. The number of aromatic nitrogens is 1. The summed E-state index contributed by atoms with van der Waals surface area (Å²) in [5.74, 6) is -0.141. The van der Waals surface area contributed by atoms with Crippen molar-refractivity contribution in [3.8, 4) is 5.75 Å². The number of amides is 1. The standard InChI is InChI=1S/C18H16F2N2O2/c1-12-10-13-4-2-3-5-16(13)22(12)11-17(23)21-14-6-8-15(9-7-14)24-18(19)20/h2-10,18H,11H2,1H3,(H,21,23). The number of aryl methyl sites for hydroxylation is 1. The van der Waals surface area contributed by atoms with Crippen molar-refractivity contribution in [1.29, 1.82) is 0 Å². The zero-order chi connectivity index (χ0) is 17.1. The Bertz CT molecular complexity index is 857. The van der Waals surface area contributed by atoms with Gasteiger partial charge in [-0.3, -0.25) is 4.79 Å². The van der Waals surface area contributed by atoms with Gasteiger partial charge in [0, 0.05) is 16.9 Å². The number of ether oxygens (including phenoxy) is 1. The topological polar surface area (TPSA) is 43.3 Å². The van der Waals surface area contributed by atoms with Gasteiger partial charge in [-0.25, -0.2) is 0 Å². The number of rotatable bonds is 5. The van der Waals surface area contributed by atoms with Crippen molar-refractivity contribution in [2.75, 3.05) is 5.32 Å². The molecule has 3 rings (SSSR count). The van der Waals surface area contributed by atoms with Gasteiger partial charge in [0.1, 0.15) is 12.3 Å². The summed E-state index contributed by atoms with van der Waals surface area (Å²) in [6.45, 7) is -0.742. The first-order chi connectivity index (χ1) is 11.5. The first kappa shape index (κ1) is 16.0. The third-order valence-corrected chi connectivity index (χ3v) is 3.68. The molecule has 1 heterocycles. The van der Waals surface area contributed by atoms with E-state index in [1.807, 2.05) is 41.8 Å². The maximum atomic E-state index is 12.3. The molecule has 24 heavy (non-hydrogen) atoms. The molecule has 0 fully saturated rings. The minimum Gasteiger partial charge on any atom is -0.435 e. The van der Waals surface area contributed by atoms with E-state index in [9.17, 15) is 13.6 Å². The molecule has 1 amide bonds. The van der Waals surface area contributed by atoms with Crippen molar-refractivity contribution in [2.24, 2.45) is 0 Å². The molecule has 0 aliphatic heterocycles. The van der Waals surface area contributed by atoms with Gasteiger partial charge in [-0.05, 0) is 48.7 Å². The number of alkyl halides is 2. The van der Waals surface area contributed by atoms with E-state index in [1.54, 1.807) is 0 Å². The molecule has 1 N–H and O–H groups in total. The minimum atomic E-state index is -2.87. The van der Waals surface area contributed by atoms with Gasteiger partial charge >= 0.3 is 6.61 Å². The van der Waals surface area contributed by atoms with Gasteiger partial charge in [-0.2, -0.15) is 8.78 Å². The van der Waals surface area contributed by atoms with Crippen molar-refractivity contribution < 1.29 is 18.3 Å². The van der Waals surface area contributed by atoms with Crippen LogP contribution in [-0.4, -0.2) is 17.1 Å². The quantitative estimate of drug-likeness (QED) is 0.762. The van der Waals surface area contributed by atoms with Gasteiger partial charge < -0.3 is 14.6 Å². The summed E-state index contributed by atoms with van der Waals surface area (Å²) < 4.78 is 30.4. The molecule has 0 atom stereocenters. The second-order valence-electron chi connectivity index (χ2n) is 5.38. The Kier molecular flexibility index (Phi) is 4.46. The summed E-state index contributed by atoms with van der Waals surface area (Å²) in [4.78, 5) is 12.3. The molecular formula is C18H16F2N2O2. The zero-order valence-electron chi connectivity index (χ0n) is 13.0. The summed E-state index contributed by atoms with van der Waals surface area (Å²) >= 11 is 0. The molecule has 1 aromatic heterocycles. The fourth-order valence-electron chi connectivity index (χ4n) is 2.62. The largest absolute Gasteiger partial charge is 0.435 e. The lowest BCUT2D eigenvalue weighted by Gasteiger charge is -2.10. The van der Waals surface area contributed by atoms with Crippen molar-refractivity contribution in [3.05, 3.63) is 60.3 Å². The number of halogens is 2. The molecule has 2 aromatic carbocycles. The number of fused-ring (bicyclic) bond motifs is 1. The lowest BCUT2D eigenvalue weighted by Crippen LogP contribution is -2.19. The Labute approximate surface area is 137 Å². The van der Waals surface area contributed by atoms with Crippen LogP contribution in [0.2, 0.25) is 0 Å². The van der Waals surface area contributed by atoms with Gasteiger partial charge in [0.25, 0.3) is 0 Å². The van der Waals surface area contributed by atoms with Crippen LogP contribution in [-0.2, 0) is 11.3 Å². The highest BCUT2D eigenvalue weighted by Gasteiger charge is 2.10. The van der Waals surface area contributed by atoms with Crippen molar-refractivity contribution in [2.45, 2.75) is 20.1 Å². The van der Waals surface area contributed by atoms with Crippen LogP contribution in [0.25, 0.3) is 10.9 Å². The van der Waals surface area contributed by atoms with Crippen molar-refractivity contribution >= 4 is 22.5 Å². The third-order valence-electron chi connectivity index (χ3n) is 3.68. The number of anilines is 1. The lowest BCUT2D eigenvalue weighted by atomic mass is 10.2. The van der Waals surface area contributed by atoms with Crippen LogP contribution in [0.1, 0.15) is 5.69 Å². The second-order valence-corrected chi connectivity index (χ2v) is 5.38.